The lowest BCUT2D eigenvalue weighted by atomic mass is 10.1. The molecule has 108 valence electrons. The van der Waals surface area contributed by atoms with Gasteiger partial charge in [-0.1, -0.05) is 13.8 Å². The topological polar surface area (TPSA) is 18.5 Å². The van der Waals surface area contributed by atoms with E-state index >= 15 is 0 Å². The molecule has 0 aliphatic carbocycles. The summed E-state index contributed by atoms with van der Waals surface area (Å²) in [5.41, 5.74) is 0. The SMILES string of the molecule is CCNC(CC)CCCN1CCN(C(C)C)CC1. The van der Waals surface area contributed by atoms with E-state index in [1.807, 2.05) is 0 Å². The molecule has 0 aromatic rings. The Morgan fingerprint density at radius 3 is 2.22 bits per heavy atom. The fraction of sp³-hybridized carbons (Fsp3) is 1.00. The van der Waals surface area contributed by atoms with Gasteiger partial charge in [0.1, 0.15) is 0 Å². The number of hydrogen-bond donors (Lipinski definition) is 1. The van der Waals surface area contributed by atoms with Crippen molar-refractivity contribution in [1.82, 2.24) is 15.1 Å². The lowest BCUT2D eigenvalue weighted by Gasteiger charge is -2.37. The third-order valence-electron chi connectivity index (χ3n) is 4.15. The molecule has 1 heterocycles. The van der Waals surface area contributed by atoms with Crippen molar-refractivity contribution >= 4 is 0 Å². The van der Waals surface area contributed by atoms with Crippen LogP contribution in [0.15, 0.2) is 0 Å². The predicted octanol–water partition coefficient (Wildman–Crippen LogP) is 2.18. The maximum atomic E-state index is 3.57. The molecule has 0 aromatic heterocycles. The average Bonchev–Trinajstić information content (AvgIpc) is 2.38. The van der Waals surface area contributed by atoms with Gasteiger partial charge in [-0.05, 0) is 46.2 Å². The molecule has 1 unspecified atom stereocenters. The summed E-state index contributed by atoms with van der Waals surface area (Å²) < 4.78 is 0. The van der Waals surface area contributed by atoms with Gasteiger partial charge in [0.15, 0.2) is 0 Å². The van der Waals surface area contributed by atoms with Gasteiger partial charge in [0.2, 0.25) is 0 Å². The van der Waals surface area contributed by atoms with Crippen LogP contribution in [0.3, 0.4) is 0 Å². The minimum Gasteiger partial charge on any atom is -0.314 e. The van der Waals surface area contributed by atoms with Crippen LogP contribution in [0.25, 0.3) is 0 Å². The Kier molecular flexibility index (Phi) is 7.87. The second-order valence-corrected chi connectivity index (χ2v) is 5.78. The molecule has 3 heteroatoms. The maximum absolute atomic E-state index is 3.57. The van der Waals surface area contributed by atoms with Crippen LogP contribution >= 0.6 is 0 Å². The van der Waals surface area contributed by atoms with E-state index in [1.54, 1.807) is 0 Å². The van der Waals surface area contributed by atoms with Crippen LogP contribution in [-0.4, -0.2) is 61.2 Å². The molecule has 0 aromatic carbocycles. The van der Waals surface area contributed by atoms with Crippen LogP contribution in [0.4, 0.5) is 0 Å². The molecule has 1 atom stereocenters. The van der Waals surface area contributed by atoms with Gasteiger partial charge in [-0.15, -0.1) is 0 Å². The lowest BCUT2D eigenvalue weighted by molar-refractivity contribution is 0.107. The number of rotatable bonds is 8. The molecule has 0 saturated carbocycles. The molecular formula is C15H33N3. The Labute approximate surface area is 114 Å². The predicted molar refractivity (Wildman–Crippen MR) is 80.1 cm³/mol. The van der Waals surface area contributed by atoms with Crippen molar-refractivity contribution in [3.05, 3.63) is 0 Å². The molecular weight excluding hydrogens is 222 g/mol. The van der Waals surface area contributed by atoms with Crippen LogP contribution in [0.5, 0.6) is 0 Å². The van der Waals surface area contributed by atoms with E-state index in [2.05, 4.69) is 42.8 Å². The van der Waals surface area contributed by atoms with Gasteiger partial charge in [0.25, 0.3) is 0 Å². The Morgan fingerprint density at radius 2 is 1.72 bits per heavy atom. The van der Waals surface area contributed by atoms with Crippen molar-refractivity contribution < 1.29 is 0 Å². The highest BCUT2D eigenvalue weighted by Gasteiger charge is 2.18. The van der Waals surface area contributed by atoms with Crippen LogP contribution in [0, 0.1) is 0 Å². The van der Waals surface area contributed by atoms with E-state index in [1.165, 1.54) is 52.0 Å². The van der Waals surface area contributed by atoms with Crippen LogP contribution in [-0.2, 0) is 0 Å². The number of hydrogen-bond acceptors (Lipinski definition) is 3. The summed E-state index contributed by atoms with van der Waals surface area (Å²) in [7, 11) is 0. The fourth-order valence-corrected chi connectivity index (χ4v) is 2.80. The molecule has 3 nitrogen and oxygen atoms in total. The van der Waals surface area contributed by atoms with E-state index in [0.29, 0.717) is 6.04 Å². The first-order valence-electron chi connectivity index (χ1n) is 7.87. The molecule has 1 aliphatic heterocycles. The Bertz CT molecular complexity index is 198. The van der Waals surface area contributed by atoms with Crippen LogP contribution in [0.2, 0.25) is 0 Å². The van der Waals surface area contributed by atoms with Crippen LogP contribution in [0.1, 0.15) is 47.0 Å². The molecule has 18 heavy (non-hydrogen) atoms. The third kappa shape index (κ3) is 5.68. The van der Waals surface area contributed by atoms with E-state index in [-0.39, 0.29) is 0 Å². The highest BCUT2D eigenvalue weighted by Crippen LogP contribution is 2.08. The van der Waals surface area contributed by atoms with Crippen molar-refractivity contribution in [3.8, 4) is 0 Å². The second kappa shape index (κ2) is 8.89. The first kappa shape index (κ1) is 15.9. The van der Waals surface area contributed by atoms with Crippen molar-refractivity contribution in [2.24, 2.45) is 0 Å². The van der Waals surface area contributed by atoms with Crippen molar-refractivity contribution in [3.63, 3.8) is 0 Å². The average molecular weight is 255 g/mol. The zero-order valence-electron chi connectivity index (χ0n) is 12.9. The highest BCUT2D eigenvalue weighted by atomic mass is 15.3. The zero-order valence-corrected chi connectivity index (χ0v) is 12.9. The fourth-order valence-electron chi connectivity index (χ4n) is 2.80. The van der Waals surface area contributed by atoms with E-state index in [9.17, 15) is 0 Å². The number of piperazine rings is 1. The summed E-state index contributed by atoms with van der Waals surface area (Å²) in [5, 5.41) is 3.57. The molecule has 1 rings (SSSR count). The van der Waals surface area contributed by atoms with Gasteiger partial charge in [-0.2, -0.15) is 0 Å². The molecule has 1 aliphatic rings. The maximum Gasteiger partial charge on any atom is 0.0113 e. The first-order chi connectivity index (χ1) is 8.67. The lowest BCUT2D eigenvalue weighted by Crippen LogP contribution is -2.49. The van der Waals surface area contributed by atoms with E-state index < -0.39 is 0 Å². The third-order valence-corrected chi connectivity index (χ3v) is 4.15. The molecule has 0 bridgehead atoms. The Morgan fingerprint density at radius 1 is 1.06 bits per heavy atom. The zero-order chi connectivity index (χ0) is 13.4. The van der Waals surface area contributed by atoms with E-state index in [0.717, 1.165) is 12.6 Å². The van der Waals surface area contributed by atoms with Gasteiger partial charge in [0, 0.05) is 38.3 Å². The first-order valence-corrected chi connectivity index (χ1v) is 7.87. The van der Waals surface area contributed by atoms with Gasteiger partial charge in [0.05, 0.1) is 0 Å². The summed E-state index contributed by atoms with van der Waals surface area (Å²) in [6, 6.07) is 1.44. The normalized spacial score (nSPS) is 20.5. The Hall–Kier alpha value is -0.120. The molecule has 1 fully saturated rings. The van der Waals surface area contributed by atoms with Gasteiger partial charge in [-0.25, -0.2) is 0 Å². The molecule has 0 spiro atoms. The van der Waals surface area contributed by atoms with Gasteiger partial charge >= 0.3 is 0 Å². The minimum atomic E-state index is 0.713. The second-order valence-electron chi connectivity index (χ2n) is 5.78. The van der Waals surface area contributed by atoms with Crippen LogP contribution < -0.4 is 5.32 Å². The minimum absolute atomic E-state index is 0.713. The summed E-state index contributed by atoms with van der Waals surface area (Å²) in [6.45, 7) is 16.5. The molecule has 1 N–H and O–H groups in total. The highest BCUT2D eigenvalue weighted by molar-refractivity contribution is 4.74. The summed E-state index contributed by atoms with van der Waals surface area (Å²) in [5.74, 6) is 0. The monoisotopic (exact) mass is 255 g/mol. The smallest absolute Gasteiger partial charge is 0.0113 e. The van der Waals surface area contributed by atoms with Crippen molar-refractivity contribution in [2.45, 2.75) is 59.0 Å². The molecule has 0 amide bonds. The van der Waals surface area contributed by atoms with Crippen molar-refractivity contribution in [2.75, 3.05) is 39.3 Å². The summed E-state index contributed by atoms with van der Waals surface area (Å²) in [6.07, 6.45) is 3.93. The number of nitrogens with one attached hydrogen (secondary N) is 1. The molecule has 1 saturated heterocycles. The van der Waals surface area contributed by atoms with E-state index in [4.69, 9.17) is 0 Å². The largest absolute Gasteiger partial charge is 0.314 e. The molecule has 0 radical (unpaired) electrons. The Balaban J connectivity index is 2.10. The van der Waals surface area contributed by atoms with Crippen molar-refractivity contribution in [1.29, 1.82) is 0 Å². The van der Waals surface area contributed by atoms with Gasteiger partial charge in [-0.3, -0.25) is 4.90 Å². The standard InChI is InChI=1S/C15H33N3/c1-5-15(16-6-2)8-7-9-17-10-12-18(13-11-17)14(3)4/h14-16H,5-13H2,1-4H3. The quantitative estimate of drug-likeness (QED) is 0.717. The summed E-state index contributed by atoms with van der Waals surface area (Å²) >= 11 is 0. The summed E-state index contributed by atoms with van der Waals surface area (Å²) in [4.78, 5) is 5.22. The van der Waals surface area contributed by atoms with Gasteiger partial charge < -0.3 is 10.2 Å². The number of nitrogens with zero attached hydrogens (tertiary/aromatic N) is 2.